The molecule has 3 amide bonds. The van der Waals surface area contributed by atoms with Gasteiger partial charge in [0.2, 0.25) is 0 Å². The largest absolute Gasteiger partial charge is 0.506 e. The van der Waals surface area contributed by atoms with Gasteiger partial charge in [0.05, 0.1) is 42.8 Å². The van der Waals surface area contributed by atoms with Crippen molar-refractivity contribution in [3.8, 4) is 12.1 Å². The van der Waals surface area contributed by atoms with Crippen molar-refractivity contribution in [2.45, 2.75) is 11.7 Å². The quantitative estimate of drug-likeness (QED) is 0.556. The van der Waals surface area contributed by atoms with Gasteiger partial charge in [-0.2, -0.15) is 19.9 Å². The van der Waals surface area contributed by atoms with Crippen LogP contribution in [0.3, 0.4) is 0 Å². The fraction of sp³-hybridized carbons (Fsp3) is 0.174. The molecule has 5 rings (SSSR count). The Bertz CT molecular complexity index is 1490. The average molecular weight is 454 g/mol. The highest BCUT2D eigenvalue weighted by Crippen LogP contribution is 2.42. The molecule has 2 aliphatic heterocycles. The number of urea groups is 1. The third-order valence-electron chi connectivity index (χ3n) is 5.57. The monoisotopic (exact) mass is 454 g/mol. The molecule has 1 unspecified atom stereocenters. The number of imide groups is 1. The van der Waals surface area contributed by atoms with Crippen LogP contribution in [0.1, 0.15) is 17.5 Å². The predicted octanol–water partition coefficient (Wildman–Crippen LogP) is 2.83. The number of pyridine rings is 1. The van der Waals surface area contributed by atoms with Gasteiger partial charge in [0.1, 0.15) is 23.3 Å². The number of imidazole rings is 1. The minimum atomic E-state index is -0.688. The van der Waals surface area contributed by atoms with E-state index in [1.54, 1.807) is 42.3 Å². The zero-order valence-corrected chi connectivity index (χ0v) is 18.3. The van der Waals surface area contributed by atoms with Gasteiger partial charge in [0, 0.05) is 17.5 Å². The number of benzene rings is 1. The maximum Gasteiger partial charge on any atom is 0.506 e. The van der Waals surface area contributed by atoms with Crippen molar-refractivity contribution >= 4 is 51.0 Å². The molecular formula is C23H16N7O2S+. The van der Waals surface area contributed by atoms with Crippen LogP contribution in [-0.4, -0.2) is 48.6 Å². The fourth-order valence-corrected chi connectivity index (χ4v) is 5.34. The summed E-state index contributed by atoms with van der Waals surface area (Å²) < 4.78 is 3.21. The van der Waals surface area contributed by atoms with Crippen LogP contribution in [0.2, 0.25) is 0 Å². The van der Waals surface area contributed by atoms with E-state index in [0.717, 1.165) is 9.81 Å². The van der Waals surface area contributed by atoms with Gasteiger partial charge in [-0.3, -0.25) is 4.98 Å². The van der Waals surface area contributed by atoms with E-state index in [1.165, 1.54) is 22.5 Å². The van der Waals surface area contributed by atoms with E-state index in [9.17, 15) is 14.9 Å². The average Bonchev–Trinajstić information content (AvgIpc) is 3.44. The molecule has 2 aliphatic rings. The number of carbonyl (C=O) groups is 2. The van der Waals surface area contributed by atoms with Gasteiger partial charge in [-0.25, -0.2) is 9.78 Å². The van der Waals surface area contributed by atoms with Crippen molar-refractivity contribution < 1.29 is 14.2 Å². The van der Waals surface area contributed by atoms with Crippen LogP contribution in [0.15, 0.2) is 49.1 Å². The lowest BCUT2D eigenvalue weighted by Crippen LogP contribution is -2.55. The summed E-state index contributed by atoms with van der Waals surface area (Å²) >= 11 is 1.30. The zero-order valence-electron chi connectivity index (χ0n) is 17.5. The summed E-state index contributed by atoms with van der Waals surface area (Å²) in [4.78, 5) is 37.5. The third kappa shape index (κ3) is 3.20. The lowest BCUT2D eigenvalue weighted by Gasteiger charge is -2.24. The van der Waals surface area contributed by atoms with Crippen molar-refractivity contribution in [1.29, 1.82) is 10.5 Å². The van der Waals surface area contributed by atoms with Crippen molar-refractivity contribution in [2.24, 2.45) is 7.05 Å². The molecule has 1 atom stereocenters. The second-order valence-corrected chi connectivity index (χ2v) is 8.63. The number of anilines is 1. The number of fused-ring (bicyclic) bond motifs is 2. The maximum absolute atomic E-state index is 13.7. The topological polar surface area (TPSA) is 119 Å². The molecule has 3 aromatic rings. The van der Waals surface area contributed by atoms with Crippen molar-refractivity contribution in [3.05, 3.63) is 60.2 Å². The highest BCUT2D eigenvalue weighted by molar-refractivity contribution is 8.10. The number of hydrogen-bond acceptors (Lipinski definition) is 7. The second-order valence-electron chi connectivity index (χ2n) is 7.49. The third-order valence-corrected chi connectivity index (χ3v) is 6.84. The molecule has 160 valence electrons. The van der Waals surface area contributed by atoms with E-state index < -0.39 is 17.2 Å². The summed E-state index contributed by atoms with van der Waals surface area (Å²) in [5.41, 5.74) is 3.23. The van der Waals surface area contributed by atoms with Crippen molar-refractivity contribution in [3.63, 3.8) is 0 Å². The number of nitriles is 2. The Labute approximate surface area is 192 Å². The molecule has 0 saturated carbocycles. The molecule has 0 bridgehead atoms. The molecular weight excluding hydrogens is 438 g/mol. The van der Waals surface area contributed by atoms with E-state index in [4.69, 9.17) is 5.26 Å². The molecule has 9 nitrogen and oxygen atoms in total. The normalized spacial score (nSPS) is 17.7. The van der Waals surface area contributed by atoms with E-state index in [2.05, 4.69) is 22.1 Å². The van der Waals surface area contributed by atoms with E-state index >= 15 is 0 Å². The fourth-order valence-electron chi connectivity index (χ4n) is 4.07. The summed E-state index contributed by atoms with van der Waals surface area (Å²) in [5, 5.41) is 18.0. The van der Waals surface area contributed by atoms with Gasteiger partial charge in [0.25, 0.3) is 0 Å². The number of nitrogens with zero attached hydrogens (tertiary/aromatic N) is 7. The van der Waals surface area contributed by atoms with Crippen LogP contribution in [0.4, 0.5) is 10.5 Å². The first-order valence-electron chi connectivity index (χ1n) is 10.1. The molecule has 0 saturated heterocycles. The number of amides is 3. The van der Waals surface area contributed by atoms with Gasteiger partial charge in [-0.05, 0) is 12.1 Å². The van der Waals surface area contributed by atoms with Crippen LogP contribution in [-0.2, 0) is 11.8 Å². The highest BCUT2D eigenvalue weighted by Gasteiger charge is 2.52. The molecule has 0 N–H and O–H groups in total. The van der Waals surface area contributed by atoms with Crippen LogP contribution in [0.25, 0.3) is 15.9 Å². The van der Waals surface area contributed by atoms with Crippen LogP contribution in [0, 0.1) is 22.7 Å². The SMILES string of the molecule is Cn1cnc2cncc(N3C(=O)C4SC(c5ccccc5C#N)=CC4=[N+](CCC#N)C3=O)c21. The standard InChI is InChI=1S/C23H16N7O2S/c1-28-13-27-16-11-26-12-18(20(16)28)30-22(31)21-17(29(23(30)32)8-4-7-24)9-19(33-21)15-6-3-2-5-14(15)10-25/h2-3,5-6,9,11-13,21H,4,8H2,1H3/q+1. The zero-order chi connectivity index (χ0) is 23.1. The van der Waals surface area contributed by atoms with E-state index in [0.29, 0.717) is 33.6 Å². The number of aromatic nitrogens is 3. The Hall–Kier alpha value is -4.28. The molecule has 10 heteroatoms. The number of thioether (sulfide) groups is 1. The number of hydrogen-bond donors (Lipinski definition) is 0. The molecule has 0 fully saturated rings. The first-order chi connectivity index (χ1) is 16.0. The molecule has 0 aliphatic carbocycles. The second kappa shape index (κ2) is 8.01. The summed E-state index contributed by atoms with van der Waals surface area (Å²) in [6, 6.07) is 10.8. The smallest absolute Gasteiger partial charge is 0.330 e. The number of aryl methyl sites for hydroxylation is 1. The molecule has 33 heavy (non-hydrogen) atoms. The maximum atomic E-state index is 13.7. The van der Waals surface area contributed by atoms with Crippen LogP contribution >= 0.6 is 11.8 Å². The molecule has 4 heterocycles. The first-order valence-corrected chi connectivity index (χ1v) is 10.9. The Kier molecular flexibility index (Phi) is 5.00. The summed E-state index contributed by atoms with van der Waals surface area (Å²) in [6.45, 7) is 0.143. The van der Waals surface area contributed by atoms with E-state index in [1.807, 2.05) is 12.1 Å². The summed E-state index contributed by atoms with van der Waals surface area (Å²) in [6.07, 6.45) is 6.54. The lowest BCUT2D eigenvalue weighted by molar-refractivity contribution is -0.425. The van der Waals surface area contributed by atoms with Crippen LogP contribution < -0.4 is 4.90 Å². The molecule has 2 aromatic heterocycles. The molecule has 1 aromatic carbocycles. The van der Waals surface area contributed by atoms with Gasteiger partial charge in [0.15, 0.2) is 10.9 Å². The highest BCUT2D eigenvalue weighted by atomic mass is 32.2. The Balaban J connectivity index is 1.65. The van der Waals surface area contributed by atoms with Gasteiger partial charge >= 0.3 is 11.9 Å². The first kappa shape index (κ1) is 20.6. The number of allylic oxidation sites excluding steroid dienone is 1. The lowest BCUT2D eigenvalue weighted by atomic mass is 10.1. The summed E-state index contributed by atoms with van der Waals surface area (Å²) in [5.74, 6) is -0.399. The summed E-state index contributed by atoms with van der Waals surface area (Å²) in [7, 11) is 1.78. The number of rotatable bonds is 4. The van der Waals surface area contributed by atoms with Gasteiger partial charge in [-0.1, -0.05) is 18.2 Å². The minimum Gasteiger partial charge on any atom is -0.330 e. The van der Waals surface area contributed by atoms with Gasteiger partial charge in [-0.15, -0.1) is 16.7 Å². The minimum absolute atomic E-state index is 0.112. The Morgan fingerprint density at radius 3 is 2.82 bits per heavy atom. The van der Waals surface area contributed by atoms with E-state index in [-0.39, 0.29) is 13.0 Å². The number of carbonyl (C=O) groups excluding carboxylic acids is 2. The van der Waals surface area contributed by atoms with Gasteiger partial charge < -0.3 is 4.57 Å². The van der Waals surface area contributed by atoms with Crippen LogP contribution in [0.5, 0.6) is 0 Å². The Morgan fingerprint density at radius 2 is 2.03 bits per heavy atom. The van der Waals surface area contributed by atoms with Crippen molar-refractivity contribution in [2.75, 3.05) is 11.4 Å². The predicted molar refractivity (Wildman–Crippen MR) is 122 cm³/mol. The Morgan fingerprint density at radius 1 is 1.21 bits per heavy atom. The molecule has 0 radical (unpaired) electrons. The van der Waals surface area contributed by atoms with Crippen molar-refractivity contribution in [1.82, 2.24) is 14.5 Å². The molecule has 0 spiro atoms.